The van der Waals surface area contributed by atoms with E-state index < -0.39 is 0 Å². The van der Waals surface area contributed by atoms with Crippen molar-refractivity contribution in [3.63, 3.8) is 0 Å². The predicted octanol–water partition coefficient (Wildman–Crippen LogP) is 2.64. The Morgan fingerprint density at radius 2 is 1.50 bits per heavy atom. The molecule has 1 aliphatic carbocycles. The summed E-state index contributed by atoms with van der Waals surface area (Å²) in [5, 5.41) is 0. The first-order valence-corrected chi connectivity index (χ1v) is 6.60. The molecule has 0 aromatic rings. The zero-order valence-corrected chi connectivity index (χ0v) is 11.5. The van der Waals surface area contributed by atoms with Crippen LogP contribution < -0.4 is 0 Å². The fraction of sp³-hybridized carbons (Fsp3) is 1.00. The summed E-state index contributed by atoms with van der Waals surface area (Å²) in [7, 11) is 4.33. The molecule has 4 aliphatic rings. The number of hydrogen-bond donors (Lipinski definition) is 0. The van der Waals surface area contributed by atoms with E-state index in [1.54, 1.807) is 0 Å². The van der Waals surface area contributed by atoms with Crippen molar-refractivity contribution in [3.8, 4) is 0 Å². The van der Waals surface area contributed by atoms with E-state index in [1.807, 2.05) is 7.11 Å². The average Bonchev–Trinajstić information content (AvgIpc) is 1.92. The third-order valence-electron chi connectivity index (χ3n) is 5.39. The Morgan fingerprint density at radius 3 is 1.88 bits per heavy atom. The summed E-state index contributed by atoms with van der Waals surface area (Å²) in [6.45, 7) is 10.1. The highest BCUT2D eigenvalue weighted by Crippen LogP contribution is 2.65. The number of rotatable bonds is 1. The lowest BCUT2D eigenvalue weighted by Gasteiger charge is -2.70. The Kier molecular flexibility index (Phi) is 1.84. The molecule has 3 unspecified atom stereocenters. The molecule has 4 bridgehead atoms. The highest BCUT2D eigenvalue weighted by molar-refractivity contribution is 5.06. The first kappa shape index (κ1) is 11.0. The molecule has 2 heteroatoms. The molecule has 0 spiro atoms. The molecular weight excluding hydrogens is 198 g/mol. The summed E-state index contributed by atoms with van der Waals surface area (Å²) < 4.78 is 7.05. The van der Waals surface area contributed by atoms with Gasteiger partial charge in [-0.1, -0.05) is 20.8 Å². The van der Waals surface area contributed by atoms with Gasteiger partial charge in [0.25, 0.3) is 0 Å². The average molecular weight is 224 g/mol. The Labute approximate surface area is 99.5 Å². The second kappa shape index (κ2) is 2.67. The van der Waals surface area contributed by atoms with Gasteiger partial charge in [-0.25, -0.2) is 0 Å². The molecule has 4 rings (SSSR count). The van der Waals surface area contributed by atoms with Crippen molar-refractivity contribution in [3.05, 3.63) is 0 Å². The minimum Gasteiger partial charge on any atom is -0.332 e. The number of nitrogens with zero attached hydrogens (tertiary/aromatic N) is 1. The molecule has 1 saturated carbocycles. The minimum absolute atomic E-state index is 0.405. The van der Waals surface area contributed by atoms with Gasteiger partial charge in [0.05, 0.1) is 20.1 Å². The Balaban J connectivity index is 2.10. The first-order chi connectivity index (χ1) is 7.23. The van der Waals surface area contributed by atoms with Crippen molar-refractivity contribution in [1.82, 2.24) is 0 Å². The highest BCUT2D eigenvalue weighted by atomic mass is 16.5. The monoisotopic (exact) mass is 224 g/mol. The highest BCUT2D eigenvalue weighted by Gasteiger charge is 2.69. The van der Waals surface area contributed by atoms with E-state index in [2.05, 4.69) is 27.8 Å². The Bertz CT molecular complexity index is 294. The molecule has 92 valence electrons. The van der Waals surface area contributed by atoms with Crippen LogP contribution in [-0.4, -0.2) is 38.0 Å². The van der Waals surface area contributed by atoms with E-state index >= 15 is 0 Å². The van der Waals surface area contributed by atoms with Crippen LogP contribution in [0.15, 0.2) is 0 Å². The number of methoxy groups -OCH3 is 1. The number of ether oxygens (including phenoxy) is 1. The lowest BCUT2D eigenvalue weighted by atomic mass is 9.47. The summed E-state index contributed by atoms with van der Waals surface area (Å²) in [6, 6.07) is 0. The topological polar surface area (TPSA) is 9.23 Å². The van der Waals surface area contributed by atoms with Gasteiger partial charge in [0.15, 0.2) is 6.23 Å². The smallest absolute Gasteiger partial charge is 0.198 e. The lowest BCUT2D eigenvalue weighted by Crippen LogP contribution is -2.77. The fourth-order valence-corrected chi connectivity index (χ4v) is 6.82. The van der Waals surface area contributed by atoms with Crippen molar-refractivity contribution < 1.29 is 9.22 Å². The van der Waals surface area contributed by atoms with Gasteiger partial charge >= 0.3 is 0 Å². The standard InChI is InChI=1S/C14H26NO/c1-12-6-13(2)8-14(3,7-12)11(16-5)15(4,9-12)10-13/h11H,6-10H2,1-5H3/q+1/t11?,12-,13+,14?,15?. The van der Waals surface area contributed by atoms with E-state index in [0.717, 1.165) is 4.48 Å². The minimum atomic E-state index is 0.405. The van der Waals surface area contributed by atoms with Gasteiger partial charge < -0.3 is 4.74 Å². The zero-order chi connectivity index (χ0) is 11.8. The fourth-order valence-electron chi connectivity index (χ4n) is 6.82. The van der Waals surface area contributed by atoms with Gasteiger partial charge in [-0.3, -0.25) is 4.48 Å². The van der Waals surface area contributed by atoms with Crippen LogP contribution in [0, 0.1) is 16.2 Å². The quantitative estimate of drug-likeness (QED) is 0.622. The maximum Gasteiger partial charge on any atom is 0.198 e. The molecule has 0 aromatic heterocycles. The normalized spacial score (nSPS) is 63.9. The van der Waals surface area contributed by atoms with Crippen LogP contribution in [0.4, 0.5) is 0 Å². The molecule has 2 nitrogen and oxygen atoms in total. The van der Waals surface area contributed by atoms with Crippen LogP contribution in [0.3, 0.4) is 0 Å². The van der Waals surface area contributed by atoms with Crippen molar-refractivity contribution in [2.45, 2.75) is 46.3 Å². The van der Waals surface area contributed by atoms with Gasteiger partial charge in [-0.05, 0) is 19.3 Å². The molecule has 16 heavy (non-hydrogen) atoms. The summed E-state index contributed by atoms with van der Waals surface area (Å²) in [5.74, 6) is 0. The van der Waals surface area contributed by atoms with E-state index in [9.17, 15) is 0 Å². The van der Waals surface area contributed by atoms with Gasteiger partial charge in [-0.15, -0.1) is 0 Å². The third kappa shape index (κ3) is 1.20. The van der Waals surface area contributed by atoms with Gasteiger partial charge in [0.1, 0.15) is 0 Å². The van der Waals surface area contributed by atoms with E-state index in [4.69, 9.17) is 4.74 Å². The summed E-state index contributed by atoms with van der Waals surface area (Å²) in [5.41, 5.74) is 1.52. The van der Waals surface area contributed by atoms with Crippen LogP contribution in [0.2, 0.25) is 0 Å². The number of quaternary nitrogens is 1. The lowest BCUT2D eigenvalue weighted by molar-refractivity contribution is -0.994. The summed E-state index contributed by atoms with van der Waals surface area (Å²) >= 11 is 0. The molecule has 0 aromatic carbocycles. The van der Waals surface area contributed by atoms with Crippen molar-refractivity contribution >= 4 is 0 Å². The molecule has 0 N–H and O–H groups in total. The second-order valence-electron chi connectivity index (χ2n) is 8.19. The predicted molar refractivity (Wildman–Crippen MR) is 64.9 cm³/mol. The second-order valence-corrected chi connectivity index (χ2v) is 8.19. The van der Waals surface area contributed by atoms with Crippen LogP contribution in [0.25, 0.3) is 0 Å². The number of hydrogen-bond acceptors (Lipinski definition) is 1. The SMILES string of the molecule is COC1C2(C)C[C@@]3(C)C[C@@](C)(C2)C[N+]1(C)C3. The Hall–Kier alpha value is -0.0800. The molecule has 3 aliphatic heterocycles. The van der Waals surface area contributed by atoms with Crippen molar-refractivity contribution in [1.29, 1.82) is 0 Å². The third-order valence-corrected chi connectivity index (χ3v) is 5.39. The van der Waals surface area contributed by atoms with E-state index in [-0.39, 0.29) is 0 Å². The Morgan fingerprint density at radius 1 is 1.00 bits per heavy atom. The van der Waals surface area contributed by atoms with Crippen LogP contribution >= 0.6 is 0 Å². The van der Waals surface area contributed by atoms with Crippen LogP contribution in [0.1, 0.15) is 40.0 Å². The van der Waals surface area contributed by atoms with E-state index in [0.29, 0.717) is 22.5 Å². The molecular formula is C14H26NO+. The molecule has 3 heterocycles. The molecule has 0 amide bonds. The maximum atomic E-state index is 5.90. The molecule has 3 saturated heterocycles. The van der Waals surface area contributed by atoms with Gasteiger partial charge in [0.2, 0.25) is 0 Å². The summed E-state index contributed by atoms with van der Waals surface area (Å²) in [6.07, 6.45) is 4.58. The number of piperidine rings is 3. The molecule has 4 fully saturated rings. The van der Waals surface area contributed by atoms with E-state index in [1.165, 1.54) is 32.4 Å². The van der Waals surface area contributed by atoms with Gasteiger partial charge in [-0.2, -0.15) is 0 Å². The molecule has 0 radical (unpaired) electrons. The largest absolute Gasteiger partial charge is 0.332 e. The zero-order valence-electron chi connectivity index (χ0n) is 11.5. The maximum absolute atomic E-state index is 5.90. The van der Waals surface area contributed by atoms with Crippen molar-refractivity contribution in [2.24, 2.45) is 16.2 Å². The van der Waals surface area contributed by atoms with Gasteiger partial charge in [0, 0.05) is 23.4 Å². The van der Waals surface area contributed by atoms with Crippen LogP contribution in [-0.2, 0) is 4.74 Å². The summed E-state index contributed by atoms with van der Waals surface area (Å²) in [4.78, 5) is 0. The van der Waals surface area contributed by atoms with Crippen LogP contribution in [0.5, 0.6) is 0 Å². The molecule has 5 atom stereocenters. The first-order valence-electron chi connectivity index (χ1n) is 6.60. The van der Waals surface area contributed by atoms with Crippen molar-refractivity contribution in [2.75, 3.05) is 27.2 Å².